The molecule has 0 bridgehead atoms. The van der Waals surface area contributed by atoms with Crippen molar-refractivity contribution in [1.29, 1.82) is 0 Å². The SMILES string of the molecule is C=CC(=O)Oc1ccc(CC(C)O)cc1. The van der Waals surface area contributed by atoms with Gasteiger partial charge in [-0.25, -0.2) is 4.79 Å². The van der Waals surface area contributed by atoms with E-state index in [0.29, 0.717) is 12.2 Å². The molecule has 0 aliphatic heterocycles. The van der Waals surface area contributed by atoms with Gasteiger partial charge in [0.15, 0.2) is 0 Å². The van der Waals surface area contributed by atoms with E-state index >= 15 is 0 Å². The van der Waals surface area contributed by atoms with Gasteiger partial charge >= 0.3 is 5.97 Å². The van der Waals surface area contributed by atoms with Gasteiger partial charge in [-0.3, -0.25) is 0 Å². The quantitative estimate of drug-likeness (QED) is 0.463. The van der Waals surface area contributed by atoms with E-state index in [0.717, 1.165) is 11.6 Å². The molecule has 1 unspecified atom stereocenters. The molecule has 0 aliphatic carbocycles. The first-order chi connectivity index (χ1) is 7.11. The Morgan fingerprint density at radius 3 is 2.60 bits per heavy atom. The largest absolute Gasteiger partial charge is 0.423 e. The zero-order valence-corrected chi connectivity index (χ0v) is 8.64. The smallest absolute Gasteiger partial charge is 0.335 e. The summed E-state index contributed by atoms with van der Waals surface area (Å²) in [6, 6.07) is 7.02. The maximum atomic E-state index is 10.9. The number of carbonyl (C=O) groups is 1. The van der Waals surface area contributed by atoms with E-state index < -0.39 is 5.97 Å². The van der Waals surface area contributed by atoms with Gasteiger partial charge in [-0.15, -0.1) is 0 Å². The Balaban J connectivity index is 2.63. The van der Waals surface area contributed by atoms with Crippen LogP contribution in [0.4, 0.5) is 0 Å². The van der Waals surface area contributed by atoms with Crippen molar-refractivity contribution >= 4 is 5.97 Å². The maximum absolute atomic E-state index is 10.9. The number of hydrogen-bond acceptors (Lipinski definition) is 3. The normalized spacial score (nSPS) is 11.9. The molecule has 0 fully saturated rings. The number of esters is 1. The Kier molecular flexibility index (Phi) is 4.06. The highest BCUT2D eigenvalue weighted by molar-refractivity contribution is 5.83. The van der Waals surface area contributed by atoms with E-state index in [2.05, 4.69) is 6.58 Å². The monoisotopic (exact) mass is 206 g/mol. The highest BCUT2D eigenvalue weighted by atomic mass is 16.5. The number of hydrogen-bond donors (Lipinski definition) is 1. The summed E-state index contributed by atoms with van der Waals surface area (Å²) in [5.74, 6) is 0.00696. The Morgan fingerprint density at radius 2 is 2.13 bits per heavy atom. The van der Waals surface area contributed by atoms with Crippen molar-refractivity contribution < 1.29 is 14.6 Å². The molecule has 0 radical (unpaired) electrons. The Bertz CT molecular complexity index is 338. The number of aliphatic hydroxyl groups is 1. The van der Waals surface area contributed by atoms with E-state index in [1.165, 1.54) is 0 Å². The predicted molar refractivity (Wildman–Crippen MR) is 57.7 cm³/mol. The third kappa shape index (κ3) is 3.95. The van der Waals surface area contributed by atoms with Crippen molar-refractivity contribution in [2.24, 2.45) is 0 Å². The summed E-state index contributed by atoms with van der Waals surface area (Å²) < 4.78 is 4.90. The molecule has 0 spiro atoms. The molecule has 1 N–H and O–H groups in total. The van der Waals surface area contributed by atoms with Crippen LogP contribution in [0.5, 0.6) is 5.75 Å². The Morgan fingerprint density at radius 1 is 1.53 bits per heavy atom. The zero-order valence-electron chi connectivity index (χ0n) is 8.64. The first-order valence-corrected chi connectivity index (χ1v) is 4.73. The van der Waals surface area contributed by atoms with Crippen molar-refractivity contribution in [3.63, 3.8) is 0 Å². The standard InChI is InChI=1S/C12H14O3/c1-3-12(14)15-11-6-4-10(5-7-11)8-9(2)13/h3-7,9,13H,1,8H2,2H3. The van der Waals surface area contributed by atoms with Gasteiger partial charge in [0.05, 0.1) is 6.10 Å². The number of benzene rings is 1. The van der Waals surface area contributed by atoms with Gasteiger partial charge in [0.25, 0.3) is 0 Å². The molecule has 3 heteroatoms. The van der Waals surface area contributed by atoms with Crippen LogP contribution in [-0.4, -0.2) is 17.2 Å². The lowest BCUT2D eigenvalue weighted by molar-refractivity contribution is -0.128. The van der Waals surface area contributed by atoms with E-state index in [4.69, 9.17) is 9.84 Å². The summed E-state index contributed by atoms with van der Waals surface area (Å²) in [7, 11) is 0. The van der Waals surface area contributed by atoms with Crippen molar-refractivity contribution in [1.82, 2.24) is 0 Å². The van der Waals surface area contributed by atoms with E-state index in [9.17, 15) is 4.79 Å². The van der Waals surface area contributed by atoms with Gasteiger partial charge in [0.1, 0.15) is 5.75 Å². The first kappa shape index (κ1) is 11.5. The fraction of sp³-hybridized carbons (Fsp3) is 0.250. The molecule has 1 atom stereocenters. The molecule has 0 aromatic heterocycles. The maximum Gasteiger partial charge on any atom is 0.335 e. The average Bonchev–Trinajstić information content (AvgIpc) is 2.20. The second-order valence-corrected chi connectivity index (χ2v) is 3.32. The molecule has 1 rings (SSSR count). The Hall–Kier alpha value is -1.61. The molecule has 1 aromatic carbocycles. The third-order valence-electron chi connectivity index (χ3n) is 1.84. The van der Waals surface area contributed by atoms with Gasteiger partial charge in [0, 0.05) is 6.08 Å². The second kappa shape index (κ2) is 5.32. The second-order valence-electron chi connectivity index (χ2n) is 3.32. The molecule has 0 heterocycles. The van der Waals surface area contributed by atoms with Crippen LogP contribution < -0.4 is 4.74 Å². The molecule has 0 aliphatic rings. The van der Waals surface area contributed by atoms with Gasteiger partial charge in [-0.2, -0.15) is 0 Å². The molecule has 0 saturated heterocycles. The zero-order chi connectivity index (χ0) is 11.3. The fourth-order valence-electron chi connectivity index (χ4n) is 1.19. The Labute approximate surface area is 89.0 Å². The highest BCUT2D eigenvalue weighted by Crippen LogP contribution is 2.13. The van der Waals surface area contributed by atoms with E-state index in [1.807, 2.05) is 12.1 Å². The summed E-state index contributed by atoms with van der Waals surface area (Å²) in [5.41, 5.74) is 1.00. The van der Waals surface area contributed by atoms with Crippen LogP contribution in [0.25, 0.3) is 0 Å². The van der Waals surface area contributed by atoms with E-state index in [1.54, 1.807) is 19.1 Å². The third-order valence-corrected chi connectivity index (χ3v) is 1.84. The minimum absolute atomic E-state index is 0.369. The number of aliphatic hydroxyl groups excluding tert-OH is 1. The number of rotatable bonds is 4. The topological polar surface area (TPSA) is 46.5 Å². The number of ether oxygens (including phenoxy) is 1. The van der Waals surface area contributed by atoms with Gasteiger partial charge < -0.3 is 9.84 Å². The summed E-state index contributed by atoms with van der Waals surface area (Å²) in [6.45, 7) is 5.03. The van der Waals surface area contributed by atoms with Crippen LogP contribution >= 0.6 is 0 Å². The average molecular weight is 206 g/mol. The fourth-order valence-corrected chi connectivity index (χ4v) is 1.19. The van der Waals surface area contributed by atoms with Crippen LogP contribution in [0, 0.1) is 0 Å². The van der Waals surface area contributed by atoms with Crippen molar-refractivity contribution in [3.05, 3.63) is 42.5 Å². The molecule has 3 nitrogen and oxygen atoms in total. The van der Waals surface area contributed by atoms with Gasteiger partial charge in [0.2, 0.25) is 0 Å². The van der Waals surface area contributed by atoms with Gasteiger partial charge in [-0.1, -0.05) is 18.7 Å². The molecular weight excluding hydrogens is 192 g/mol. The predicted octanol–water partition coefficient (Wildman–Crippen LogP) is 1.70. The lowest BCUT2D eigenvalue weighted by atomic mass is 10.1. The lowest BCUT2D eigenvalue weighted by Gasteiger charge is -2.05. The van der Waals surface area contributed by atoms with Gasteiger partial charge in [-0.05, 0) is 31.0 Å². The minimum Gasteiger partial charge on any atom is -0.423 e. The summed E-state index contributed by atoms with van der Waals surface area (Å²) in [5, 5.41) is 9.16. The molecule has 15 heavy (non-hydrogen) atoms. The minimum atomic E-state index is -0.474. The van der Waals surface area contributed by atoms with Crippen molar-refractivity contribution in [3.8, 4) is 5.75 Å². The van der Waals surface area contributed by atoms with Crippen LogP contribution in [0.3, 0.4) is 0 Å². The van der Waals surface area contributed by atoms with Crippen LogP contribution in [0.1, 0.15) is 12.5 Å². The molecule has 80 valence electrons. The van der Waals surface area contributed by atoms with E-state index in [-0.39, 0.29) is 6.10 Å². The summed E-state index contributed by atoms with van der Waals surface area (Å²) >= 11 is 0. The highest BCUT2D eigenvalue weighted by Gasteiger charge is 2.01. The molecular formula is C12H14O3. The van der Waals surface area contributed by atoms with Crippen molar-refractivity contribution in [2.75, 3.05) is 0 Å². The molecule has 0 amide bonds. The van der Waals surface area contributed by atoms with Crippen LogP contribution in [0.2, 0.25) is 0 Å². The van der Waals surface area contributed by atoms with Crippen LogP contribution in [-0.2, 0) is 11.2 Å². The van der Waals surface area contributed by atoms with Crippen LogP contribution in [0.15, 0.2) is 36.9 Å². The lowest BCUT2D eigenvalue weighted by Crippen LogP contribution is -2.05. The molecule has 0 saturated carbocycles. The van der Waals surface area contributed by atoms with Crippen molar-refractivity contribution in [2.45, 2.75) is 19.4 Å². The summed E-state index contributed by atoms with van der Waals surface area (Å²) in [4.78, 5) is 10.9. The summed E-state index contributed by atoms with van der Waals surface area (Å²) in [6.07, 6.45) is 1.34. The first-order valence-electron chi connectivity index (χ1n) is 4.73. The molecule has 1 aromatic rings. The number of carbonyl (C=O) groups excluding carboxylic acids is 1.